The molecule has 0 atom stereocenters. The van der Waals surface area contributed by atoms with Gasteiger partial charge in [0.2, 0.25) is 0 Å². The van der Waals surface area contributed by atoms with Crippen LogP contribution < -0.4 is 9.30 Å². The summed E-state index contributed by atoms with van der Waals surface area (Å²) < 4.78 is 6.85. The first-order chi connectivity index (χ1) is 6.43. The van der Waals surface area contributed by atoms with E-state index in [2.05, 4.69) is 45.3 Å². The molecule has 5 heteroatoms. The molecule has 0 aliphatic heterocycles. The van der Waals surface area contributed by atoms with Crippen molar-refractivity contribution in [2.75, 3.05) is 0 Å². The summed E-state index contributed by atoms with van der Waals surface area (Å²) >= 11 is 0. The molecule has 0 saturated carbocycles. The molecule has 13 heavy (non-hydrogen) atoms. The highest BCUT2D eigenvalue weighted by Crippen LogP contribution is 1.99. The Morgan fingerprint density at radius 2 is 2.00 bits per heavy atom. The zero-order chi connectivity index (χ0) is 9.36. The summed E-state index contributed by atoms with van der Waals surface area (Å²) in [6, 6.07) is 10.5. The van der Waals surface area contributed by atoms with E-state index in [1.165, 1.54) is 5.56 Å². The molecule has 0 radical (unpaired) electrons. The molecule has 70 valence electrons. The Bertz CT molecular complexity index is 251. The third-order valence-corrected chi connectivity index (χ3v) is 5.71. The monoisotopic (exact) mass is 224 g/mol. The third-order valence-electron chi connectivity index (χ3n) is 1.67. The minimum absolute atomic E-state index is 0.106. The summed E-state index contributed by atoms with van der Waals surface area (Å²) in [4.78, 5) is 0. The summed E-state index contributed by atoms with van der Waals surface area (Å²) in [7, 11) is 0.872. The van der Waals surface area contributed by atoms with Gasteiger partial charge in [-0.15, -0.1) is 0 Å². The van der Waals surface area contributed by atoms with Crippen molar-refractivity contribution in [1.29, 1.82) is 0 Å². The van der Waals surface area contributed by atoms with Crippen LogP contribution in [0, 0.1) is 0 Å². The molecule has 0 saturated heterocycles. The van der Waals surface area contributed by atoms with Crippen LogP contribution in [-0.4, -0.2) is 29.9 Å². The van der Waals surface area contributed by atoms with Crippen molar-refractivity contribution in [2.45, 2.75) is 0 Å². The number of nitrogens with one attached hydrogen (secondary N) is 2. The van der Waals surface area contributed by atoms with Gasteiger partial charge in [0.25, 0.3) is 0 Å². The molecule has 0 heterocycles. The Hall–Kier alpha value is -0.469. The lowest BCUT2D eigenvalue weighted by molar-refractivity contribution is 1.46. The molecule has 0 bridgehead atoms. The predicted molar refractivity (Wildman–Crippen MR) is 68.8 cm³/mol. The van der Waals surface area contributed by atoms with Crippen molar-refractivity contribution in [2.24, 2.45) is 0 Å². The molecule has 1 aromatic rings. The highest BCUT2D eigenvalue weighted by Gasteiger charge is 1.82. The smallest absolute Gasteiger partial charge is 0.153 e. The van der Waals surface area contributed by atoms with Gasteiger partial charge in [-0.25, -0.2) is 0 Å². The van der Waals surface area contributed by atoms with Crippen molar-refractivity contribution in [1.82, 2.24) is 9.30 Å². The lowest BCUT2D eigenvalue weighted by atomic mass is 10.2. The minimum Gasteiger partial charge on any atom is -0.360 e. The Morgan fingerprint density at radius 1 is 1.23 bits per heavy atom. The molecule has 0 aromatic heterocycles. The summed E-state index contributed by atoms with van der Waals surface area (Å²) in [6.07, 6.45) is 2.21. The van der Waals surface area contributed by atoms with Crippen molar-refractivity contribution in [3.05, 3.63) is 41.6 Å². The number of benzene rings is 1. The number of rotatable bonds is 5. The molecular formula is C8H16N2Si3. The maximum absolute atomic E-state index is 3.52. The summed E-state index contributed by atoms with van der Waals surface area (Å²) in [6.45, 7) is 0. The van der Waals surface area contributed by atoms with Crippen molar-refractivity contribution in [3.8, 4) is 0 Å². The zero-order valence-electron chi connectivity index (χ0n) is 7.96. The predicted octanol–water partition coefficient (Wildman–Crippen LogP) is -1.80. The highest BCUT2D eigenvalue weighted by atomic mass is 28.3. The minimum atomic E-state index is -0.153. The fourth-order valence-electron chi connectivity index (χ4n) is 1.04. The van der Waals surface area contributed by atoms with Gasteiger partial charge in [-0.3, -0.25) is 0 Å². The average molecular weight is 224 g/mol. The molecular weight excluding hydrogens is 208 g/mol. The molecule has 0 aliphatic carbocycles. The van der Waals surface area contributed by atoms with Gasteiger partial charge >= 0.3 is 0 Å². The van der Waals surface area contributed by atoms with E-state index in [0.717, 1.165) is 10.4 Å². The summed E-state index contributed by atoms with van der Waals surface area (Å²) in [5.74, 6) is 0. The summed E-state index contributed by atoms with van der Waals surface area (Å²) in [5.41, 5.74) is 3.61. The van der Waals surface area contributed by atoms with E-state index in [9.17, 15) is 0 Å². The van der Waals surface area contributed by atoms with E-state index in [4.69, 9.17) is 0 Å². The molecule has 2 N–H and O–H groups in total. The van der Waals surface area contributed by atoms with E-state index < -0.39 is 0 Å². The van der Waals surface area contributed by atoms with E-state index >= 15 is 0 Å². The van der Waals surface area contributed by atoms with Crippen LogP contribution in [0.4, 0.5) is 0 Å². The zero-order valence-corrected chi connectivity index (χ0v) is 12.8. The van der Waals surface area contributed by atoms with Gasteiger partial charge in [-0.2, -0.15) is 0 Å². The van der Waals surface area contributed by atoms with Gasteiger partial charge in [0.1, 0.15) is 9.68 Å². The van der Waals surface area contributed by atoms with E-state index in [1.807, 2.05) is 6.07 Å². The van der Waals surface area contributed by atoms with Crippen molar-refractivity contribution >= 4 is 36.0 Å². The van der Waals surface area contributed by atoms with Gasteiger partial charge in [0.05, 0.1) is 10.4 Å². The second-order valence-corrected chi connectivity index (χ2v) is 8.86. The maximum Gasteiger partial charge on any atom is 0.153 e. The van der Waals surface area contributed by atoms with E-state index in [1.54, 1.807) is 0 Å². The van der Waals surface area contributed by atoms with Gasteiger partial charge in [-0.05, 0) is 5.56 Å². The number of hydrogen-bond donors (Lipinski definition) is 2. The second-order valence-electron chi connectivity index (χ2n) is 2.80. The molecule has 0 unspecified atom stereocenters. The molecule has 0 amide bonds. The number of hydrogen-bond acceptors (Lipinski definition) is 2. The Kier molecular flexibility index (Phi) is 5.70. The van der Waals surface area contributed by atoms with Crippen LogP contribution in [0.5, 0.6) is 0 Å². The van der Waals surface area contributed by atoms with Crippen LogP contribution >= 0.6 is 0 Å². The average Bonchev–Trinajstić information content (AvgIpc) is 2.19. The molecule has 0 fully saturated rings. The lowest BCUT2D eigenvalue weighted by Crippen LogP contribution is -2.33. The van der Waals surface area contributed by atoms with E-state index in [-0.39, 0.29) is 19.5 Å². The van der Waals surface area contributed by atoms with Crippen LogP contribution in [0.1, 0.15) is 5.56 Å². The fraction of sp³-hybridized carbons (Fsp3) is 0. The Morgan fingerprint density at radius 3 is 2.69 bits per heavy atom. The topological polar surface area (TPSA) is 24.1 Å². The largest absolute Gasteiger partial charge is 0.360 e. The first-order valence-corrected chi connectivity index (χ1v) is 8.44. The molecule has 0 spiro atoms. The summed E-state index contributed by atoms with van der Waals surface area (Å²) in [5, 5.41) is 0. The van der Waals surface area contributed by atoms with Crippen molar-refractivity contribution < 1.29 is 0 Å². The fourth-order valence-corrected chi connectivity index (χ4v) is 5.92. The highest BCUT2D eigenvalue weighted by molar-refractivity contribution is 6.56. The Labute approximate surface area is 87.2 Å². The van der Waals surface area contributed by atoms with Crippen LogP contribution in [0.2, 0.25) is 0 Å². The van der Waals surface area contributed by atoms with Gasteiger partial charge in [0, 0.05) is 0 Å². The quantitative estimate of drug-likeness (QED) is 0.456. The van der Waals surface area contributed by atoms with Crippen LogP contribution in [-0.2, 0) is 0 Å². The molecule has 0 aliphatic rings. The molecule has 1 rings (SSSR count). The van der Waals surface area contributed by atoms with Gasteiger partial charge < -0.3 is 9.30 Å². The maximum atomic E-state index is 3.52. The van der Waals surface area contributed by atoms with Gasteiger partial charge in [0.15, 0.2) is 9.84 Å². The molecule has 2 nitrogen and oxygen atoms in total. The van der Waals surface area contributed by atoms with Crippen LogP contribution in [0.3, 0.4) is 0 Å². The van der Waals surface area contributed by atoms with Gasteiger partial charge in [-0.1, -0.05) is 42.1 Å². The first kappa shape index (κ1) is 10.6. The van der Waals surface area contributed by atoms with E-state index in [0.29, 0.717) is 0 Å². The normalized spacial score (nSPS) is 12.9. The lowest BCUT2D eigenvalue weighted by Gasteiger charge is -1.96. The SMILES string of the molecule is [SiH3]N[SiH2]N[SiH2]C=Cc1ccccc1. The first-order valence-electron chi connectivity index (χ1n) is 4.50. The van der Waals surface area contributed by atoms with Crippen LogP contribution in [0.25, 0.3) is 6.08 Å². The second kappa shape index (κ2) is 6.98. The van der Waals surface area contributed by atoms with Crippen LogP contribution in [0.15, 0.2) is 36.0 Å². The third kappa shape index (κ3) is 4.96. The standard InChI is InChI=1S/C8H16N2Si3/c11-9-13-10-12-7-6-8-4-2-1-3-5-8/h1-7,9-10H,12-13H2,11H3. The van der Waals surface area contributed by atoms with Crippen molar-refractivity contribution in [3.63, 3.8) is 0 Å². The Balaban J connectivity index is 2.25. The molecule has 1 aromatic carbocycles.